The third kappa shape index (κ3) is 4.18. The van der Waals surface area contributed by atoms with Gasteiger partial charge in [0.15, 0.2) is 0 Å². The molecule has 1 fully saturated rings. The maximum Gasteiger partial charge on any atom is 0.256 e. The number of aryl methyl sites for hydroxylation is 1. The van der Waals surface area contributed by atoms with E-state index in [1.54, 1.807) is 18.3 Å². The predicted octanol–water partition coefficient (Wildman–Crippen LogP) is 1.79. The molecule has 0 bridgehead atoms. The largest absolute Gasteiger partial charge is 0.480 e. The summed E-state index contributed by atoms with van der Waals surface area (Å²) in [5, 5.41) is 2.98. The van der Waals surface area contributed by atoms with E-state index in [1.807, 2.05) is 19.1 Å². The van der Waals surface area contributed by atoms with Crippen LogP contribution in [-0.2, 0) is 4.74 Å². The molecule has 1 saturated heterocycles. The van der Waals surface area contributed by atoms with E-state index in [2.05, 4.69) is 15.2 Å². The third-order valence-corrected chi connectivity index (χ3v) is 4.24. The molecule has 3 heterocycles. The molecule has 1 aliphatic heterocycles. The van der Waals surface area contributed by atoms with Crippen LogP contribution in [0.4, 0.5) is 0 Å². The highest BCUT2D eigenvalue weighted by Gasteiger charge is 2.26. The minimum Gasteiger partial charge on any atom is -0.480 e. The van der Waals surface area contributed by atoms with Crippen molar-refractivity contribution in [2.24, 2.45) is 0 Å². The van der Waals surface area contributed by atoms with Gasteiger partial charge in [-0.2, -0.15) is 0 Å². The fourth-order valence-electron chi connectivity index (χ4n) is 2.94. The molecule has 134 valence electrons. The van der Waals surface area contributed by atoms with Crippen molar-refractivity contribution in [3.05, 3.63) is 47.5 Å². The number of rotatable bonds is 6. The van der Waals surface area contributed by atoms with Gasteiger partial charge in [-0.3, -0.25) is 9.69 Å². The first-order valence-electron chi connectivity index (χ1n) is 8.34. The van der Waals surface area contributed by atoms with Gasteiger partial charge in [-0.25, -0.2) is 4.98 Å². The van der Waals surface area contributed by atoms with Crippen LogP contribution in [0.2, 0.25) is 0 Å². The van der Waals surface area contributed by atoms with Crippen LogP contribution in [0.25, 0.3) is 0 Å². The highest BCUT2D eigenvalue weighted by atomic mass is 16.5. The highest BCUT2D eigenvalue weighted by molar-refractivity contribution is 5.96. The first kappa shape index (κ1) is 17.4. The van der Waals surface area contributed by atoms with E-state index < -0.39 is 0 Å². The summed E-state index contributed by atoms with van der Waals surface area (Å²) in [7, 11) is 1.50. The SMILES string of the molecule is COc1ncccc1C(=O)NC[C@H](c1ccc(C)o1)N1CCOCC1. The summed E-state index contributed by atoms with van der Waals surface area (Å²) in [6.07, 6.45) is 1.60. The van der Waals surface area contributed by atoms with Crippen LogP contribution in [0.1, 0.15) is 27.9 Å². The molecule has 1 amide bonds. The van der Waals surface area contributed by atoms with Crippen LogP contribution in [0.5, 0.6) is 5.88 Å². The van der Waals surface area contributed by atoms with Crippen molar-refractivity contribution in [2.75, 3.05) is 40.0 Å². The summed E-state index contributed by atoms with van der Waals surface area (Å²) >= 11 is 0. The van der Waals surface area contributed by atoms with Crippen molar-refractivity contribution < 1.29 is 18.7 Å². The predicted molar refractivity (Wildman–Crippen MR) is 91.7 cm³/mol. The Hall–Kier alpha value is -2.38. The van der Waals surface area contributed by atoms with E-state index >= 15 is 0 Å². The van der Waals surface area contributed by atoms with Crippen molar-refractivity contribution in [2.45, 2.75) is 13.0 Å². The van der Waals surface area contributed by atoms with E-state index in [1.165, 1.54) is 7.11 Å². The van der Waals surface area contributed by atoms with E-state index in [4.69, 9.17) is 13.9 Å². The molecule has 0 aliphatic carbocycles. The van der Waals surface area contributed by atoms with Gasteiger partial charge in [-0.15, -0.1) is 0 Å². The molecule has 0 spiro atoms. The minimum atomic E-state index is -0.216. The van der Waals surface area contributed by atoms with Crippen molar-refractivity contribution in [3.63, 3.8) is 0 Å². The standard InChI is InChI=1S/C18H23N3O4/c1-13-5-6-16(25-13)15(21-8-10-24-11-9-21)12-20-17(22)14-4-3-7-19-18(14)23-2/h3-7,15H,8-12H2,1-2H3,(H,20,22)/t15-/m1/s1. The molecule has 0 radical (unpaired) electrons. The summed E-state index contributed by atoms with van der Waals surface area (Å²) in [5.41, 5.74) is 0.418. The lowest BCUT2D eigenvalue weighted by atomic mass is 10.1. The first-order valence-corrected chi connectivity index (χ1v) is 8.34. The average molecular weight is 345 g/mol. The third-order valence-electron chi connectivity index (χ3n) is 4.24. The van der Waals surface area contributed by atoms with Crippen molar-refractivity contribution in [1.82, 2.24) is 15.2 Å². The highest BCUT2D eigenvalue weighted by Crippen LogP contribution is 2.23. The molecule has 3 rings (SSSR count). The van der Waals surface area contributed by atoms with Gasteiger partial charge < -0.3 is 19.2 Å². The van der Waals surface area contributed by atoms with Crippen LogP contribution in [-0.4, -0.2) is 55.7 Å². The van der Waals surface area contributed by atoms with Crippen molar-refractivity contribution >= 4 is 5.91 Å². The number of pyridine rings is 1. The molecule has 2 aromatic heterocycles. The quantitative estimate of drug-likeness (QED) is 0.860. The molecule has 0 aromatic carbocycles. The summed E-state index contributed by atoms with van der Waals surface area (Å²) in [6.45, 7) is 5.32. The lowest BCUT2D eigenvalue weighted by molar-refractivity contribution is 0.0117. The van der Waals surface area contributed by atoms with E-state index in [0.717, 1.165) is 24.6 Å². The fraction of sp³-hybridized carbons (Fsp3) is 0.444. The van der Waals surface area contributed by atoms with Gasteiger partial charge in [-0.05, 0) is 31.2 Å². The smallest absolute Gasteiger partial charge is 0.256 e. The number of nitrogens with zero attached hydrogens (tertiary/aromatic N) is 2. The van der Waals surface area contributed by atoms with Crippen LogP contribution >= 0.6 is 0 Å². The molecule has 0 saturated carbocycles. The Kier molecular flexibility index (Phi) is 5.67. The number of ether oxygens (including phenoxy) is 2. The van der Waals surface area contributed by atoms with Crippen molar-refractivity contribution in [1.29, 1.82) is 0 Å². The maximum absolute atomic E-state index is 12.5. The number of morpholine rings is 1. The molecule has 2 aromatic rings. The number of amides is 1. The van der Waals surface area contributed by atoms with E-state index in [0.29, 0.717) is 31.2 Å². The zero-order chi connectivity index (χ0) is 17.6. The molecule has 1 atom stereocenters. The van der Waals surface area contributed by atoms with Gasteiger partial charge in [0.2, 0.25) is 5.88 Å². The zero-order valence-corrected chi connectivity index (χ0v) is 14.5. The van der Waals surface area contributed by atoms with Gasteiger partial charge in [-0.1, -0.05) is 0 Å². The topological polar surface area (TPSA) is 76.8 Å². The van der Waals surface area contributed by atoms with Gasteiger partial charge in [0.25, 0.3) is 5.91 Å². The fourth-order valence-corrected chi connectivity index (χ4v) is 2.94. The molecule has 1 N–H and O–H groups in total. The Morgan fingerprint density at radius 1 is 1.36 bits per heavy atom. The second kappa shape index (κ2) is 8.13. The molecule has 25 heavy (non-hydrogen) atoms. The van der Waals surface area contributed by atoms with Crippen molar-refractivity contribution in [3.8, 4) is 5.88 Å². The Morgan fingerprint density at radius 3 is 2.84 bits per heavy atom. The minimum absolute atomic E-state index is 0.0378. The van der Waals surface area contributed by atoms with Gasteiger partial charge in [0.1, 0.15) is 17.1 Å². The molecule has 7 nitrogen and oxygen atoms in total. The number of nitrogens with one attached hydrogen (secondary N) is 1. The van der Waals surface area contributed by atoms with Gasteiger partial charge >= 0.3 is 0 Å². The molecular weight excluding hydrogens is 322 g/mol. The maximum atomic E-state index is 12.5. The van der Waals surface area contributed by atoms with E-state index in [9.17, 15) is 4.79 Å². The molecule has 7 heteroatoms. The van der Waals surface area contributed by atoms with E-state index in [-0.39, 0.29) is 11.9 Å². The second-order valence-electron chi connectivity index (χ2n) is 5.88. The molecular formula is C18H23N3O4. The molecule has 1 aliphatic rings. The summed E-state index contributed by atoms with van der Waals surface area (Å²) in [6, 6.07) is 7.28. The van der Waals surface area contributed by atoms with Crippen LogP contribution in [0.3, 0.4) is 0 Å². The van der Waals surface area contributed by atoms with Gasteiger partial charge in [0, 0.05) is 25.8 Å². The van der Waals surface area contributed by atoms with Crippen LogP contribution in [0, 0.1) is 6.92 Å². The number of methoxy groups -OCH3 is 1. The molecule has 0 unspecified atom stereocenters. The Labute approximate surface area is 146 Å². The summed E-state index contributed by atoms with van der Waals surface area (Å²) in [4.78, 5) is 18.9. The van der Waals surface area contributed by atoms with Crippen LogP contribution < -0.4 is 10.1 Å². The Balaban J connectivity index is 1.72. The average Bonchev–Trinajstić information content (AvgIpc) is 3.08. The number of furan rings is 1. The zero-order valence-electron chi connectivity index (χ0n) is 14.5. The number of carbonyl (C=O) groups is 1. The normalized spacial score (nSPS) is 16.4. The first-order chi connectivity index (χ1) is 12.2. The Morgan fingerprint density at radius 2 is 2.16 bits per heavy atom. The Bertz CT molecular complexity index is 710. The monoisotopic (exact) mass is 345 g/mol. The second-order valence-corrected chi connectivity index (χ2v) is 5.88. The lowest BCUT2D eigenvalue weighted by Crippen LogP contribution is -2.43. The van der Waals surface area contributed by atoms with Crippen LogP contribution in [0.15, 0.2) is 34.9 Å². The number of aromatic nitrogens is 1. The number of hydrogen-bond acceptors (Lipinski definition) is 6. The summed E-state index contributed by atoms with van der Waals surface area (Å²) < 4.78 is 16.4. The summed E-state index contributed by atoms with van der Waals surface area (Å²) in [5.74, 6) is 1.80. The lowest BCUT2D eigenvalue weighted by Gasteiger charge is -2.33. The van der Waals surface area contributed by atoms with Gasteiger partial charge in [0.05, 0.1) is 26.4 Å². The number of carbonyl (C=O) groups excluding carboxylic acids is 1. The number of hydrogen-bond donors (Lipinski definition) is 1.